The summed E-state index contributed by atoms with van der Waals surface area (Å²) in [5.74, 6) is -0.476. The minimum absolute atomic E-state index is 0.0804. The van der Waals surface area contributed by atoms with E-state index in [1.807, 2.05) is 0 Å². The van der Waals surface area contributed by atoms with Crippen LogP contribution in [0.4, 0.5) is 0 Å². The molecule has 0 aromatic heterocycles. The maximum absolute atomic E-state index is 11.6. The van der Waals surface area contributed by atoms with E-state index in [1.54, 1.807) is 0 Å². The summed E-state index contributed by atoms with van der Waals surface area (Å²) in [4.78, 5) is 11.6. The van der Waals surface area contributed by atoms with E-state index in [9.17, 15) is 9.90 Å². The van der Waals surface area contributed by atoms with Crippen LogP contribution in [0, 0.1) is 22.7 Å². The largest absolute Gasteiger partial charge is 0.481 e. The van der Waals surface area contributed by atoms with E-state index in [0.29, 0.717) is 5.92 Å². The Morgan fingerprint density at radius 3 is 2.59 bits per heavy atom. The van der Waals surface area contributed by atoms with Gasteiger partial charge in [0, 0.05) is 0 Å². The first-order valence-corrected chi connectivity index (χ1v) is 6.69. The Hall–Kier alpha value is -0.790. The van der Waals surface area contributed by atoms with E-state index in [1.165, 1.54) is 6.42 Å². The molecular formula is C15H24O2. The molecule has 0 heterocycles. The lowest BCUT2D eigenvalue weighted by molar-refractivity contribution is -0.152. The molecule has 2 fully saturated rings. The molecule has 0 radical (unpaired) electrons. The average Bonchev–Trinajstić information content (AvgIpc) is 2.14. The molecule has 0 amide bonds. The molecule has 96 valence electrons. The number of rotatable bonds is 1. The second-order valence-corrected chi connectivity index (χ2v) is 6.87. The lowest BCUT2D eigenvalue weighted by atomic mass is 9.47. The lowest BCUT2D eigenvalue weighted by Crippen LogP contribution is -2.51. The summed E-state index contributed by atoms with van der Waals surface area (Å²) in [6.45, 7) is 10.8. The van der Waals surface area contributed by atoms with Gasteiger partial charge in [-0.15, -0.1) is 0 Å². The highest BCUT2D eigenvalue weighted by Gasteiger charge is 2.55. The Balaban J connectivity index is 2.41. The highest BCUT2D eigenvalue weighted by atomic mass is 16.4. The van der Waals surface area contributed by atoms with Gasteiger partial charge in [-0.3, -0.25) is 4.79 Å². The van der Waals surface area contributed by atoms with Crippen molar-refractivity contribution < 1.29 is 9.90 Å². The van der Waals surface area contributed by atoms with Crippen LogP contribution in [0.5, 0.6) is 0 Å². The molecule has 0 aliphatic heterocycles. The van der Waals surface area contributed by atoms with E-state index in [4.69, 9.17) is 0 Å². The smallest absolute Gasteiger partial charge is 0.311 e. The van der Waals surface area contributed by atoms with Gasteiger partial charge in [-0.25, -0.2) is 0 Å². The summed E-state index contributed by atoms with van der Waals surface area (Å²) in [5.41, 5.74) is 1.14. The zero-order valence-electron chi connectivity index (χ0n) is 11.3. The zero-order valence-corrected chi connectivity index (χ0v) is 11.3. The number of carboxylic acid groups (broad SMARTS) is 1. The molecule has 0 aromatic carbocycles. The molecule has 2 heteroatoms. The van der Waals surface area contributed by atoms with Crippen LogP contribution < -0.4 is 0 Å². The molecule has 0 bridgehead atoms. The number of aliphatic carboxylic acids is 1. The molecule has 0 spiro atoms. The average molecular weight is 236 g/mol. The maximum Gasteiger partial charge on any atom is 0.311 e. The normalized spacial score (nSPS) is 40.8. The Kier molecular flexibility index (Phi) is 2.87. The fraction of sp³-hybridized carbons (Fsp3) is 0.800. The summed E-state index contributed by atoms with van der Waals surface area (Å²) in [5, 5.41) is 9.52. The first kappa shape index (κ1) is 12.7. The first-order valence-electron chi connectivity index (χ1n) is 6.69. The summed E-state index contributed by atoms with van der Waals surface area (Å²) in [6, 6.07) is 0. The summed E-state index contributed by atoms with van der Waals surface area (Å²) in [6.07, 6.45) is 5.42. The van der Waals surface area contributed by atoms with Crippen LogP contribution >= 0.6 is 0 Å². The predicted octanol–water partition coefficient (Wildman–Crippen LogP) is 3.87. The van der Waals surface area contributed by atoms with Crippen LogP contribution in [0.25, 0.3) is 0 Å². The van der Waals surface area contributed by atoms with Crippen molar-refractivity contribution in [2.45, 2.75) is 52.9 Å². The van der Waals surface area contributed by atoms with Crippen molar-refractivity contribution in [3.8, 4) is 0 Å². The third-order valence-electron chi connectivity index (χ3n) is 5.34. The molecule has 0 saturated heterocycles. The number of carbonyl (C=O) groups is 1. The highest BCUT2D eigenvalue weighted by molar-refractivity contribution is 5.75. The zero-order chi connectivity index (χ0) is 12.8. The van der Waals surface area contributed by atoms with Crippen LogP contribution in [0.3, 0.4) is 0 Å². The Morgan fingerprint density at radius 1 is 1.35 bits per heavy atom. The van der Waals surface area contributed by atoms with Crippen LogP contribution in [0.15, 0.2) is 12.2 Å². The Labute approximate surface area is 104 Å². The second kappa shape index (κ2) is 3.86. The van der Waals surface area contributed by atoms with Gasteiger partial charge in [-0.1, -0.05) is 39.3 Å². The standard InChI is InChI=1S/C15H24O2/c1-10-6-7-11-14(2,3)8-5-9-15(11,4)12(10)13(16)17/h11-12H,1,5-9H2,2-4H3,(H,16,17)/t11-,12?,15-/m1/s1. The van der Waals surface area contributed by atoms with Gasteiger partial charge in [0.05, 0.1) is 5.92 Å². The number of hydrogen-bond acceptors (Lipinski definition) is 1. The summed E-state index contributed by atoms with van der Waals surface area (Å²) in [7, 11) is 0. The van der Waals surface area contributed by atoms with Crippen LogP contribution in [0.1, 0.15) is 52.9 Å². The van der Waals surface area contributed by atoms with Crippen molar-refractivity contribution >= 4 is 5.97 Å². The molecule has 2 saturated carbocycles. The molecule has 0 aromatic rings. The van der Waals surface area contributed by atoms with Crippen LogP contribution in [-0.2, 0) is 4.79 Å². The Morgan fingerprint density at radius 2 is 2.00 bits per heavy atom. The van der Waals surface area contributed by atoms with Gasteiger partial charge in [0.2, 0.25) is 0 Å². The van der Waals surface area contributed by atoms with Gasteiger partial charge in [0.1, 0.15) is 0 Å². The minimum Gasteiger partial charge on any atom is -0.481 e. The van der Waals surface area contributed by atoms with Crippen molar-refractivity contribution in [2.75, 3.05) is 0 Å². The second-order valence-electron chi connectivity index (χ2n) is 6.87. The monoisotopic (exact) mass is 236 g/mol. The van der Waals surface area contributed by atoms with Gasteiger partial charge >= 0.3 is 5.97 Å². The van der Waals surface area contributed by atoms with E-state index in [2.05, 4.69) is 27.4 Å². The minimum atomic E-state index is -0.667. The van der Waals surface area contributed by atoms with Crippen molar-refractivity contribution in [2.24, 2.45) is 22.7 Å². The van der Waals surface area contributed by atoms with Crippen molar-refractivity contribution in [1.82, 2.24) is 0 Å². The number of carboxylic acids is 1. The van der Waals surface area contributed by atoms with Crippen molar-refractivity contribution in [1.29, 1.82) is 0 Å². The predicted molar refractivity (Wildman–Crippen MR) is 68.7 cm³/mol. The third kappa shape index (κ3) is 1.82. The molecule has 2 aliphatic rings. The van der Waals surface area contributed by atoms with Crippen molar-refractivity contribution in [3.05, 3.63) is 12.2 Å². The summed E-state index contributed by atoms with van der Waals surface area (Å²) < 4.78 is 0. The molecule has 2 rings (SSSR count). The fourth-order valence-corrected chi connectivity index (χ4v) is 4.63. The summed E-state index contributed by atoms with van der Waals surface area (Å²) >= 11 is 0. The van der Waals surface area contributed by atoms with E-state index in [0.717, 1.165) is 31.3 Å². The molecular weight excluding hydrogens is 212 g/mol. The highest BCUT2D eigenvalue weighted by Crippen LogP contribution is 2.60. The quantitative estimate of drug-likeness (QED) is 0.702. The molecule has 1 unspecified atom stereocenters. The van der Waals surface area contributed by atoms with Crippen LogP contribution in [0.2, 0.25) is 0 Å². The third-order valence-corrected chi connectivity index (χ3v) is 5.34. The SMILES string of the molecule is C=C1CC[C@@H]2C(C)(C)CCC[C@@]2(C)C1C(=O)O. The van der Waals surface area contributed by atoms with Gasteiger partial charge in [-0.2, -0.15) is 0 Å². The lowest BCUT2D eigenvalue weighted by Gasteiger charge is -2.56. The van der Waals surface area contributed by atoms with Gasteiger partial charge in [0.15, 0.2) is 0 Å². The van der Waals surface area contributed by atoms with E-state index in [-0.39, 0.29) is 16.7 Å². The number of hydrogen-bond donors (Lipinski definition) is 1. The number of fused-ring (bicyclic) bond motifs is 1. The first-order chi connectivity index (χ1) is 7.79. The topological polar surface area (TPSA) is 37.3 Å². The molecule has 2 nitrogen and oxygen atoms in total. The maximum atomic E-state index is 11.6. The van der Waals surface area contributed by atoms with E-state index < -0.39 is 5.97 Å². The van der Waals surface area contributed by atoms with Gasteiger partial charge < -0.3 is 5.11 Å². The Bertz CT molecular complexity index is 356. The molecule has 3 atom stereocenters. The fourth-order valence-electron chi connectivity index (χ4n) is 4.63. The molecule has 1 N–H and O–H groups in total. The van der Waals surface area contributed by atoms with Crippen LogP contribution in [-0.4, -0.2) is 11.1 Å². The molecule has 2 aliphatic carbocycles. The van der Waals surface area contributed by atoms with Crippen molar-refractivity contribution in [3.63, 3.8) is 0 Å². The van der Waals surface area contributed by atoms with E-state index >= 15 is 0 Å². The van der Waals surface area contributed by atoms with Gasteiger partial charge in [-0.05, 0) is 42.4 Å². The van der Waals surface area contributed by atoms with Gasteiger partial charge in [0.25, 0.3) is 0 Å². The molecule has 17 heavy (non-hydrogen) atoms.